The minimum atomic E-state index is -3.94. The number of likely N-dealkylation sites (N-methyl/N-ethyl adjacent to an activating group) is 1. The molecule has 0 spiro atoms. The highest BCUT2D eigenvalue weighted by Gasteiger charge is 2.39. The van der Waals surface area contributed by atoms with Crippen molar-refractivity contribution >= 4 is 43.8 Å². The Hall–Kier alpha value is -0.270. The number of thiophene rings is 1. The van der Waals surface area contributed by atoms with E-state index in [0.717, 1.165) is 0 Å². The second-order valence-electron chi connectivity index (χ2n) is 4.82. The summed E-state index contributed by atoms with van der Waals surface area (Å²) in [5.74, 6) is 0. The SMILES string of the molecule is CCNC1CN(CCOC)S(=O)(=O)c2sc(S(N)(=O)=O)cc21.Cl. The van der Waals surface area contributed by atoms with Gasteiger partial charge in [0.25, 0.3) is 10.0 Å². The fourth-order valence-corrected chi connectivity index (χ4v) is 6.55. The molecule has 0 saturated heterocycles. The molecular weight excluding hydrogens is 386 g/mol. The number of fused-ring (bicyclic) bond motifs is 1. The first-order chi connectivity index (χ1) is 10.2. The van der Waals surface area contributed by atoms with Crippen LogP contribution in [0.2, 0.25) is 0 Å². The van der Waals surface area contributed by atoms with Crippen LogP contribution in [-0.4, -0.2) is 54.5 Å². The first-order valence-electron chi connectivity index (χ1n) is 6.60. The summed E-state index contributed by atoms with van der Waals surface area (Å²) in [5, 5.41) is 8.30. The number of nitrogens with two attached hydrogens (primary N) is 1. The van der Waals surface area contributed by atoms with Crippen LogP contribution in [0, 0.1) is 0 Å². The minimum Gasteiger partial charge on any atom is -0.383 e. The zero-order chi connectivity index (χ0) is 16.5. The molecule has 1 aliphatic heterocycles. The monoisotopic (exact) mass is 405 g/mol. The zero-order valence-corrected chi connectivity index (χ0v) is 15.9. The number of nitrogens with zero attached hydrogens (tertiary/aromatic N) is 1. The molecule has 2 heterocycles. The molecule has 0 aromatic carbocycles. The summed E-state index contributed by atoms with van der Waals surface area (Å²) in [7, 11) is -6.18. The number of methoxy groups -OCH3 is 1. The van der Waals surface area contributed by atoms with E-state index < -0.39 is 20.0 Å². The van der Waals surface area contributed by atoms with Crippen LogP contribution in [0.1, 0.15) is 18.5 Å². The molecule has 0 amide bonds. The smallest absolute Gasteiger partial charge is 0.253 e. The molecule has 1 aromatic heterocycles. The van der Waals surface area contributed by atoms with E-state index in [2.05, 4.69) is 5.32 Å². The predicted molar refractivity (Wildman–Crippen MR) is 90.0 cm³/mol. The third-order valence-corrected chi connectivity index (χ3v) is 8.28. The summed E-state index contributed by atoms with van der Waals surface area (Å²) in [6.45, 7) is 3.23. The summed E-state index contributed by atoms with van der Waals surface area (Å²) in [5.41, 5.74) is 0.463. The van der Waals surface area contributed by atoms with Gasteiger partial charge in [0.15, 0.2) is 0 Å². The Morgan fingerprint density at radius 1 is 1.52 bits per heavy atom. The van der Waals surface area contributed by atoms with Gasteiger partial charge in [0, 0.05) is 31.8 Å². The van der Waals surface area contributed by atoms with Crippen LogP contribution in [0.3, 0.4) is 0 Å². The normalized spacial score (nSPS) is 20.7. The first kappa shape index (κ1) is 20.8. The highest BCUT2D eigenvalue weighted by atomic mass is 35.5. The highest BCUT2D eigenvalue weighted by molar-refractivity contribution is 7.94. The molecule has 1 aliphatic rings. The lowest BCUT2D eigenvalue weighted by molar-refractivity contribution is 0.174. The minimum absolute atomic E-state index is 0. The van der Waals surface area contributed by atoms with Crippen LogP contribution in [-0.2, 0) is 24.8 Å². The Morgan fingerprint density at radius 3 is 2.70 bits per heavy atom. The second-order valence-corrected chi connectivity index (χ2v) is 9.79. The van der Waals surface area contributed by atoms with E-state index in [-0.39, 0.29) is 46.6 Å². The van der Waals surface area contributed by atoms with Crippen LogP contribution in [0.4, 0.5) is 0 Å². The average Bonchev–Trinajstić information content (AvgIpc) is 2.87. The molecule has 0 radical (unpaired) electrons. The first-order valence-corrected chi connectivity index (χ1v) is 10.4. The van der Waals surface area contributed by atoms with Crippen molar-refractivity contribution in [1.82, 2.24) is 9.62 Å². The van der Waals surface area contributed by atoms with E-state index in [1.807, 2.05) is 6.92 Å². The molecule has 8 nitrogen and oxygen atoms in total. The van der Waals surface area contributed by atoms with Gasteiger partial charge >= 0.3 is 0 Å². The summed E-state index contributed by atoms with van der Waals surface area (Å²) in [6, 6.07) is 1.08. The van der Waals surface area contributed by atoms with E-state index >= 15 is 0 Å². The molecule has 2 rings (SSSR count). The number of hydrogen-bond acceptors (Lipinski definition) is 7. The molecule has 1 atom stereocenters. The summed E-state index contributed by atoms with van der Waals surface area (Å²) in [4.78, 5) is 0. The Bertz CT molecular complexity index is 747. The van der Waals surface area contributed by atoms with Gasteiger partial charge < -0.3 is 10.1 Å². The quantitative estimate of drug-likeness (QED) is 0.693. The van der Waals surface area contributed by atoms with Crippen molar-refractivity contribution in [2.75, 3.05) is 33.4 Å². The maximum absolute atomic E-state index is 12.6. The highest BCUT2D eigenvalue weighted by Crippen LogP contribution is 2.39. The Kier molecular flexibility index (Phi) is 6.99. The van der Waals surface area contributed by atoms with E-state index in [0.29, 0.717) is 23.4 Å². The fraction of sp³-hybridized carbons (Fsp3) is 0.636. The number of primary sulfonamides is 1. The number of ether oxygens (including phenoxy) is 1. The number of nitrogens with one attached hydrogen (secondary N) is 1. The van der Waals surface area contributed by atoms with Crippen LogP contribution in [0.25, 0.3) is 0 Å². The number of sulfonamides is 2. The Morgan fingerprint density at radius 2 is 2.17 bits per heavy atom. The lowest BCUT2D eigenvalue weighted by Crippen LogP contribution is -2.44. The average molecular weight is 406 g/mol. The van der Waals surface area contributed by atoms with E-state index in [9.17, 15) is 16.8 Å². The van der Waals surface area contributed by atoms with Gasteiger partial charge in [0.2, 0.25) is 10.0 Å². The number of hydrogen-bond donors (Lipinski definition) is 2. The molecule has 1 unspecified atom stereocenters. The van der Waals surface area contributed by atoms with Crippen molar-refractivity contribution < 1.29 is 21.6 Å². The Labute approximate surface area is 146 Å². The van der Waals surface area contributed by atoms with E-state index in [4.69, 9.17) is 9.88 Å². The molecule has 1 aromatic rings. The van der Waals surface area contributed by atoms with Crippen LogP contribution < -0.4 is 10.5 Å². The van der Waals surface area contributed by atoms with E-state index in [1.165, 1.54) is 17.5 Å². The van der Waals surface area contributed by atoms with Gasteiger partial charge in [0.05, 0.1) is 6.61 Å². The maximum Gasteiger partial charge on any atom is 0.253 e. The molecule has 12 heteroatoms. The van der Waals surface area contributed by atoms with Crippen molar-refractivity contribution in [2.45, 2.75) is 21.4 Å². The molecular formula is C11H20ClN3O5S3. The second kappa shape index (κ2) is 7.74. The topological polar surface area (TPSA) is 119 Å². The maximum atomic E-state index is 12.6. The lowest BCUT2D eigenvalue weighted by atomic mass is 10.1. The van der Waals surface area contributed by atoms with Crippen molar-refractivity contribution in [3.63, 3.8) is 0 Å². The van der Waals surface area contributed by atoms with Crippen molar-refractivity contribution in [1.29, 1.82) is 0 Å². The van der Waals surface area contributed by atoms with Crippen LogP contribution in [0.5, 0.6) is 0 Å². The van der Waals surface area contributed by atoms with E-state index in [1.54, 1.807) is 0 Å². The summed E-state index contributed by atoms with van der Waals surface area (Å²) < 4.78 is 54.4. The molecule has 0 aliphatic carbocycles. The van der Waals surface area contributed by atoms with Gasteiger partial charge in [-0.25, -0.2) is 22.0 Å². The van der Waals surface area contributed by atoms with Crippen LogP contribution in [0.15, 0.2) is 14.5 Å². The van der Waals surface area contributed by atoms with Gasteiger partial charge in [-0.2, -0.15) is 4.31 Å². The number of rotatable bonds is 6. The molecule has 23 heavy (non-hydrogen) atoms. The molecule has 134 valence electrons. The van der Waals surface area contributed by atoms with Gasteiger partial charge in [-0.15, -0.1) is 23.7 Å². The van der Waals surface area contributed by atoms with Gasteiger partial charge in [-0.3, -0.25) is 0 Å². The molecule has 3 N–H and O–H groups in total. The summed E-state index contributed by atoms with van der Waals surface area (Å²) >= 11 is 0.693. The Balaban J connectivity index is 0.00000264. The van der Waals surface area contributed by atoms with Crippen molar-refractivity contribution in [3.05, 3.63) is 11.6 Å². The van der Waals surface area contributed by atoms with Gasteiger partial charge in [-0.1, -0.05) is 6.92 Å². The molecule has 0 fully saturated rings. The lowest BCUT2D eigenvalue weighted by Gasteiger charge is -2.32. The predicted octanol–water partition coefficient (Wildman–Crippen LogP) is 0.119. The van der Waals surface area contributed by atoms with Gasteiger partial charge in [-0.05, 0) is 12.6 Å². The third kappa shape index (κ3) is 4.23. The zero-order valence-electron chi connectivity index (χ0n) is 12.7. The molecule has 0 saturated carbocycles. The number of halogens is 1. The standard InChI is InChI=1S/C11H19N3O5S3.ClH/c1-3-13-9-7-14(4-5-19-2)22(17,18)11-8(9)6-10(20-11)21(12,15)16;/h6,9,13H,3-5,7H2,1-2H3,(H2,12,15,16);1H. The molecule has 0 bridgehead atoms. The van der Waals surface area contributed by atoms with Crippen molar-refractivity contribution in [3.8, 4) is 0 Å². The summed E-state index contributed by atoms with van der Waals surface area (Å²) in [6.07, 6.45) is 0. The third-order valence-electron chi connectivity index (χ3n) is 3.31. The van der Waals surface area contributed by atoms with Crippen LogP contribution >= 0.6 is 23.7 Å². The fourth-order valence-electron chi connectivity index (χ4n) is 2.29. The van der Waals surface area contributed by atoms with Gasteiger partial charge in [0.1, 0.15) is 8.42 Å². The van der Waals surface area contributed by atoms with Crippen molar-refractivity contribution in [2.24, 2.45) is 5.14 Å². The largest absolute Gasteiger partial charge is 0.383 e.